The first-order chi connectivity index (χ1) is 4.18. The molecule has 0 aliphatic rings. The Kier molecular flexibility index (Phi) is 4.22. The van der Waals surface area contributed by atoms with Crippen molar-refractivity contribution in [2.45, 2.75) is 25.9 Å². The average molecular weight is 133 g/mol. The van der Waals surface area contributed by atoms with Crippen molar-refractivity contribution in [1.82, 2.24) is 0 Å². The van der Waals surface area contributed by atoms with Gasteiger partial charge < -0.3 is 5.73 Å². The van der Waals surface area contributed by atoms with E-state index in [1.54, 1.807) is 0 Å². The second kappa shape index (κ2) is 4.44. The second-order valence-corrected chi connectivity index (χ2v) is 2.01. The van der Waals surface area contributed by atoms with E-state index in [2.05, 4.69) is 0 Å². The van der Waals surface area contributed by atoms with Gasteiger partial charge in [-0.05, 0) is 26.3 Å². The van der Waals surface area contributed by atoms with Gasteiger partial charge in [-0.25, -0.2) is 4.39 Å². The molecule has 0 aromatic heterocycles. The maximum absolute atomic E-state index is 12.3. The van der Waals surface area contributed by atoms with E-state index in [9.17, 15) is 9.18 Å². The molecule has 9 heavy (non-hydrogen) atoms. The van der Waals surface area contributed by atoms with Crippen LogP contribution in [0, 0.1) is 0 Å². The summed E-state index contributed by atoms with van der Waals surface area (Å²) in [6.07, 6.45) is -0.444. The maximum atomic E-state index is 12.3. The molecule has 54 valence electrons. The summed E-state index contributed by atoms with van der Waals surface area (Å²) in [7, 11) is 0. The number of carbonyl (C=O) groups excluding carboxylic acids is 1. The van der Waals surface area contributed by atoms with E-state index in [4.69, 9.17) is 5.73 Å². The number of hydrogen-bond donors (Lipinski definition) is 1. The van der Waals surface area contributed by atoms with E-state index < -0.39 is 12.0 Å². The van der Waals surface area contributed by atoms with Crippen LogP contribution in [0.5, 0.6) is 0 Å². The zero-order valence-corrected chi connectivity index (χ0v) is 5.56. The van der Waals surface area contributed by atoms with Crippen molar-refractivity contribution in [3.05, 3.63) is 0 Å². The number of ketones is 1. The normalized spacial score (nSPS) is 13.2. The third-order valence-electron chi connectivity index (χ3n) is 1.10. The molecule has 2 N–H and O–H groups in total. The van der Waals surface area contributed by atoms with Gasteiger partial charge in [0.05, 0.1) is 0 Å². The van der Waals surface area contributed by atoms with Gasteiger partial charge in [-0.15, -0.1) is 0 Å². The fourth-order valence-electron chi connectivity index (χ4n) is 0.500. The van der Waals surface area contributed by atoms with Crippen LogP contribution in [0.25, 0.3) is 0 Å². The fraction of sp³-hybridized carbons (Fsp3) is 0.833. The number of Topliss-reactive ketones (excluding diaryl/α,β-unsaturated/α-hetero) is 1. The number of halogens is 1. The van der Waals surface area contributed by atoms with Gasteiger partial charge >= 0.3 is 0 Å². The topological polar surface area (TPSA) is 43.1 Å². The average Bonchev–Trinajstić information content (AvgIpc) is 1.82. The highest BCUT2D eigenvalue weighted by atomic mass is 19.1. The van der Waals surface area contributed by atoms with Crippen molar-refractivity contribution in [2.75, 3.05) is 6.54 Å². The van der Waals surface area contributed by atoms with Crippen LogP contribution in [-0.2, 0) is 4.79 Å². The number of rotatable bonds is 4. The molecular formula is C6H12FNO. The molecule has 2 nitrogen and oxygen atoms in total. The van der Waals surface area contributed by atoms with Crippen molar-refractivity contribution in [3.8, 4) is 0 Å². The van der Waals surface area contributed by atoms with Crippen molar-refractivity contribution in [1.29, 1.82) is 0 Å². The first-order valence-electron chi connectivity index (χ1n) is 3.03. The van der Waals surface area contributed by atoms with Crippen molar-refractivity contribution < 1.29 is 9.18 Å². The molecule has 0 heterocycles. The summed E-state index contributed by atoms with van der Waals surface area (Å²) >= 11 is 0. The molecule has 0 aromatic carbocycles. The number of alkyl halides is 1. The van der Waals surface area contributed by atoms with Crippen LogP contribution >= 0.6 is 0 Å². The molecule has 0 radical (unpaired) electrons. The minimum absolute atomic E-state index is 0.270. The van der Waals surface area contributed by atoms with Crippen molar-refractivity contribution in [2.24, 2.45) is 5.73 Å². The third-order valence-corrected chi connectivity index (χ3v) is 1.10. The molecular weight excluding hydrogens is 121 g/mol. The van der Waals surface area contributed by atoms with Gasteiger partial charge in [-0.1, -0.05) is 0 Å². The van der Waals surface area contributed by atoms with Gasteiger partial charge in [0.2, 0.25) is 0 Å². The van der Waals surface area contributed by atoms with E-state index in [0.29, 0.717) is 13.0 Å². The highest BCUT2D eigenvalue weighted by Crippen LogP contribution is 2.00. The molecule has 0 aliphatic heterocycles. The Morgan fingerprint density at radius 2 is 2.33 bits per heavy atom. The Morgan fingerprint density at radius 1 is 1.78 bits per heavy atom. The lowest BCUT2D eigenvalue weighted by Gasteiger charge is -1.99. The Bertz CT molecular complexity index is 95.1. The summed E-state index contributed by atoms with van der Waals surface area (Å²) in [5, 5.41) is 0. The molecule has 0 aliphatic carbocycles. The number of carbonyl (C=O) groups is 1. The monoisotopic (exact) mass is 133 g/mol. The van der Waals surface area contributed by atoms with Crippen LogP contribution < -0.4 is 5.73 Å². The summed E-state index contributed by atoms with van der Waals surface area (Å²) in [6, 6.07) is 0. The molecule has 0 rings (SSSR count). The maximum Gasteiger partial charge on any atom is 0.163 e. The first-order valence-corrected chi connectivity index (χ1v) is 3.03. The molecule has 0 spiro atoms. The SMILES string of the molecule is CC(=O)C(F)CCCN. The zero-order chi connectivity index (χ0) is 7.28. The van der Waals surface area contributed by atoms with Gasteiger partial charge in [0.25, 0.3) is 0 Å². The van der Waals surface area contributed by atoms with Gasteiger partial charge in [-0.3, -0.25) is 4.79 Å². The van der Waals surface area contributed by atoms with Crippen LogP contribution in [0.4, 0.5) is 4.39 Å². The summed E-state index contributed by atoms with van der Waals surface area (Å²) in [4.78, 5) is 10.2. The minimum atomic E-state index is -1.30. The smallest absolute Gasteiger partial charge is 0.163 e. The Labute approximate surface area is 54.2 Å². The highest BCUT2D eigenvalue weighted by Gasteiger charge is 2.09. The molecule has 0 aromatic rings. The Morgan fingerprint density at radius 3 is 2.67 bits per heavy atom. The number of nitrogens with two attached hydrogens (primary N) is 1. The van der Waals surface area contributed by atoms with E-state index >= 15 is 0 Å². The standard InChI is InChI=1S/C6H12FNO/c1-5(9)6(7)3-2-4-8/h6H,2-4,8H2,1H3. The fourth-order valence-corrected chi connectivity index (χ4v) is 0.500. The van der Waals surface area contributed by atoms with Gasteiger partial charge in [0, 0.05) is 0 Å². The lowest BCUT2D eigenvalue weighted by molar-refractivity contribution is -0.121. The van der Waals surface area contributed by atoms with E-state index in [-0.39, 0.29) is 6.42 Å². The lowest BCUT2D eigenvalue weighted by atomic mass is 10.1. The molecule has 0 amide bonds. The van der Waals surface area contributed by atoms with Crippen LogP contribution in [-0.4, -0.2) is 18.5 Å². The van der Waals surface area contributed by atoms with E-state index in [0.717, 1.165) is 0 Å². The van der Waals surface area contributed by atoms with Crippen LogP contribution in [0.3, 0.4) is 0 Å². The Balaban J connectivity index is 3.27. The summed E-state index contributed by atoms with van der Waals surface area (Å²) in [6.45, 7) is 1.70. The number of hydrogen-bond acceptors (Lipinski definition) is 2. The molecule has 0 saturated carbocycles. The first kappa shape index (κ1) is 8.56. The molecule has 1 unspecified atom stereocenters. The second-order valence-electron chi connectivity index (χ2n) is 2.01. The minimum Gasteiger partial charge on any atom is -0.330 e. The van der Waals surface area contributed by atoms with Crippen LogP contribution in [0.1, 0.15) is 19.8 Å². The van der Waals surface area contributed by atoms with E-state index in [1.807, 2.05) is 0 Å². The summed E-state index contributed by atoms with van der Waals surface area (Å²) in [5.41, 5.74) is 5.10. The van der Waals surface area contributed by atoms with Crippen LogP contribution in [0.2, 0.25) is 0 Å². The lowest BCUT2D eigenvalue weighted by Crippen LogP contribution is -2.13. The molecule has 0 bridgehead atoms. The van der Waals surface area contributed by atoms with E-state index in [1.165, 1.54) is 6.92 Å². The largest absolute Gasteiger partial charge is 0.330 e. The van der Waals surface area contributed by atoms with Gasteiger partial charge in [0.15, 0.2) is 12.0 Å². The van der Waals surface area contributed by atoms with Crippen LogP contribution in [0.15, 0.2) is 0 Å². The zero-order valence-electron chi connectivity index (χ0n) is 5.56. The predicted octanol–water partition coefficient (Wildman–Crippen LogP) is 0.652. The van der Waals surface area contributed by atoms with Gasteiger partial charge in [0.1, 0.15) is 0 Å². The molecule has 0 fully saturated rings. The third kappa shape index (κ3) is 4.09. The molecule has 0 saturated heterocycles. The summed E-state index contributed by atoms with van der Waals surface area (Å²) in [5.74, 6) is -0.400. The van der Waals surface area contributed by atoms with Gasteiger partial charge in [-0.2, -0.15) is 0 Å². The molecule has 1 atom stereocenters. The van der Waals surface area contributed by atoms with Crippen molar-refractivity contribution >= 4 is 5.78 Å². The quantitative estimate of drug-likeness (QED) is 0.612. The summed E-state index contributed by atoms with van der Waals surface area (Å²) < 4.78 is 12.3. The predicted molar refractivity (Wildman–Crippen MR) is 33.9 cm³/mol. The molecule has 3 heteroatoms. The van der Waals surface area contributed by atoms with Crippen molar-refractivity contribution in [3.63, 3.8) is 0 Å². The highest BCUT2D eigenvalue weighted by molar-refractivity contribution is 5.80. The Hall–Kier alpha value is -0.440.